The van der Waals surface area contributed by atoms with E-state index in [-0.39, 0.29) is 0 Å². The Morgan fingerprint density at radius 2 is 1.20 bits per heavy atom. The van der Waals surface area contributed by atoms with Gasteiger partial charge in [0.15, 0.2) is 0 Å². The second-order valence-corrected chi connectivity index (χ2v) is 2.46. The lowest BCUT2D eigenvalue weighted by atomic mass is 10.1. The zero-order chi connectivity index (χ0) is 7.66. The summed E-state index contributed by atoms with van der Waals surface area (Å²) in [5.74, 6) is 1.81. The van der Waals surface area contributed by atoms with E-state index in [1.54, 1.807) is 0 Å². The molecule has 1 heteroatoms. The Morgan fingerprint density at radius 1 is 0.800 bits per heavy atom. The number of hydrogen-bond acceptors (Lipinski definition) is 0. The summed E-state index contributed by atoms with van der Waals surface area (Å²) in [6, 6.07) is 0. The van der Waals surface area contributed by atoms with Gasteiger partial charge in [-0.2, -0.15) is 0 Å². The van der Waals surface area contributed by atoms with Crippen LogP contribution in [-0.2, 0) is 0 Å². The van der Waals surface area contributed by atoms with Gasteiger partial charge in [-0.1, -0.05) is 40.9 Å². The van der Waals surface area contributed by atoms with Gasteiger partial charge in [0.05, 0.1) is 0 Å². The van der Waals surface area contributed by atoms with E-state index in [0.29, 0.717) is 0 Å². The topological polar surface area (TPSA) is 0 Å². The smallest absolute Gasteiger partial charge is 0.00848 e. The van der Waals surface area contributed by atoms with E-state index >= 15 is 0 Å². The Balaban J connectivity index is 0.000000371. The molecule has 0 nitrogen and oxygen atoms in total. The standard InChI is InChI=1S/C8H14.CH3Br/c1-2-4-6-8-7-5-3-1;1-2/h1-2H,3-8H2;1H3. The van der Waals surface area contributed by atoms with Gasteiger partial charge < -0.3 is 0 Å². The Kier molecular flexibility index (Phi) is 9.42. The molecule has 0 fully saturated rings. The summed E-state index contributed by atoms with van der Waals surface area (Å²) in [5.41, 5.74) is 0. The molecular weight excluding hydrogens is 188 g/mol. The Morgan fingerprint density at radius 3 is 1.60 bits per heavy atom. The molecule has 10 heavy (non-hydrogen) atoms. The van der Waals surface area contributed by atoms with Crippen molar-refractivity contribution in [2.45, 2.75) is 38.5 Å². The minimum atomic E-state index is 1.32. The fourth-order valence-electron chi connectivity index (χ4n) is 1.11. The molecule has 60 valence electrons. The SMILES string of the molecule is C1=CCCCCCC1.CBr. The van der Waals surface area contributed by atoms with Crippen molar-refractivity contribution in [3.8, 4) is 0 Å². The second kappa shape index (κ2) is 9.22. The highest BCUT2D eigenvalue weighted by Crippen LogP contribution is 2.09. The van der Waals surface area contributed by atoms with Gasteiger partial charge in [0, 0.05) is 0 Å². The molecule has 0 radical (unpaired) electrons. The van der Waals surface area contributed by atoms with E-state index in [9.17, 15) is 0 Å². The summed E-state index contributed by atoms with van der Waals surface area (Å²) in [5, 5.41) is 0. The lowest BCUT2D eigenvalue weighted by Crippen LogP contribution is -1.80. The number of halogens is 1. The van der Waals surface area contributed by atoms with Crippen LogP contribution in [0.2, 0.25) is 0 Å². The van der Waals surface area contributed by atoms with Gasteiger partial charge in [-0.3, -0.25) is 0 Å². The summed E-state index contributed by atoms with van der Waals surface area (Å²) >= 11 is 2.94. The molecule has 0 aromatic heterocycles. The zero-order valence-electron chi connectivity index (χ0n) is 6.78. The molecule has 0 unspecified atom stereocenters. The third-order valence-corrected chi connectivity index (χ3v) is 1.66. The normalized spacial score (nSPS) is 18.2. The van der Waals surface area contributed by atoms with Gasteiger partial charge >= 0.3 is 0 Å². The molecule has 1 aliphatic carbocycles. The fraction of sp³-hybridized carbons (Fsp3) is 0.778. The van der Waals surface area contributed by atoms with Crippen LogP contribution in [0, 0.1) is 0 Å². The van der Waals surface area contributed by atoms with Crippen LogP contribution in [0.1, 0.15) is 38.5 Å². The van der Waals surface area contributed by atoms with Crippen LogP contribution in [-0.4, -0.2) is 5.83 Å². The summed E-state index contributed by atoms with van der Waals surface area (Å²) in [6.07, 6.45) is 13.0. The Labute approximate surface area is 72.8 Å². The minimum absolute atomic E-state index is 1.32. The molecule has 0 atom stereocenters. The molecule has 1 rings (SSSR count). The quantitative estimate of drug-likeness (QED) is 0.415. The summed E-state index contributed by atoms with van der Waals surface area (Å²) < 4.78 is 0. The molecule has 0 saturated heterocycles. The first-order chi connectivity index (χ1) is 5.00. The molecule has 0 N–H and O–H groups in total. The fourth-order valence-corrected chi connectivity index (χ4v) is 1.11. The molecule has 0 bridgehead atoms. The van der Waals surface area contributed by atoms with Crippen LogP contribution in [0.5, 0.6) is 0 Å². The van der Waals surface area contributed by atoms with Crippen LogP contribution in [0.3, 0.4) is 0 Å². The average Bonchev–Trinajstić information content (AvgIpc) is 1.90. The Hall–Kier alpha value is 0.220. The van der Waals surface area contributed by atoms with Gasteiger partial charge in [-0.15, -0.1) is 0 Å². The maximum Gasteiger partial charge on any atom is -0.00848 e. The van der Waals surface area contributed by atoms with Crippen molar-refractivity contribution in [3.63, 3.8) is 0 Å². The summed E-state index contributed by atoms with van der Waals surface area (Å²) in [6.45, 7) is 0. The van der Waals surface area contributed by atoms with E-state index in [1.807, 2.05) is 5.83 Å². The van der Waals surface area contributed by atoms with Crippen LogP contribution >= 0.6 is 15.9 Å². The molecule has 0 heterocycles. The van der Waals surface area contributed by atoms with Crippen LogP contribution in [0.25, 0.3) is 0 Å². The molecule has 0 spiro atoms. The second-order valence-electron chi connectivity index (χ2n) is 2.46. The molecule has 1 aliphatic rings. The van der Waals surface area contributed by atoms with Crippen molar-refractivity contribution < 1.29 is 0 Å². The lowest BCUT2D eigenvalue weighted by molar-refractivity contribution is 0.638. The minimum Gasteiger partial charge on any atom is -0.0966 e. The monoisotopic (exact) mass is 204 g/mol. The summed E-state index contributed by atoms with van der Waals surface area (Å²) in [4.78, 5) is 0. The van der Waals surface area contributed by atoms with Crippen molar-refractivity contribution in [1.29, 1.82) is 0 Å². The van der Waals surface area contributed by atoms with E-state index in [0.717, 1.165) is 0 Å². The molecule has 0 aromatic carbocycles. The van der Waals surface area contributed by atoms with Crippen LogP contribution in [0.4, 0.5) is 0 Å². The van der Waals surface area contributed by atoms with Gasteiger partial charge in [-0.05, 0) is 31.5 Å². The third kappa shape index (κ3) is 6.34. The zero-order valence-corrected chi connectivity index (χ0v) is 8.36. The number of alkyl halides is 1. The first-order valence-electron chi connectivity index (χ1n) is 4.03. The highest BCUT2D eigenvalue weighted by molar-refractivity contribution is 9.08. The van der Waals surface area contributed by atoms with E-state index in [4.69, 9.17) is 0 Å². The van der Waals surface area contributed by atoms with Gasteiger partial charge in [0.2, 0.25) is 0 Å². The average molecular weight is 205 g/mol. The highest BCUT2D eigenvalue weighted by Gasteiger charge is 1.89. The Bertz CT molecular complexity index is 66.8. The van der Waals surface area contributed by atoms with Gasteiger partial charge in [0.25, 0.3) is 0 Å². The van der Waals surface area contributed by atoms with Crippen LogP contribution in [0.15, 0.2) is 12.2 Å². The predicted octanol–water partition coefficient (Wildman–Crippen LogP) is 3.91. The third-order valence-electron chi connectivity index (χ3n) is 1.66. The van der Waals surface area contributed by atoms with E-state index < -0.39 is 0 Å². The maximum absolute atomic E-state index is 2.94. The van der Waals surface area contributed by atoms with E-state index in [1.165, 1.54) is 38.5 Å². The van der Waals surface area contributed by atoms with Crippen molar-refractivity contribution >= 4 is 15.9 Å². The summed E-state index contributed by atoms with van der Waals surface area (Å²) in [7, 11) is 0. The van der Waals surface area contributed by atoms with Gasteiger partial charge in [-0.25, -0.2) is 0 Å². The van der Waals surface area contributed by atoms with Crippen molar-refractivity contribution in [2.24, 2.45) is 0 Å². The largest absolute Gasteiger partial charge is 0.0966 e. The van der Waals surface area contributed by atoms with Crippen LogP contribution < -0.4 is 0 Å². The number of allylic oxidation sites excluding steroid dienone is 2. The van der Waals surface area contributed by atoms with Crippen molar-refractivity contribution in [2.75, 3.05) is 5.83 Å². The number of rotatable bonds is 0. The molecule has 0 saturated carbocycles. The molecule has 0 aromatic rings. The first-order valence-corrected chi connectivity index (χ1v) is 5.61. The van der Waals surface area contributed by atoms with E-state index in [2.05, 4.69) is 28.1 Å². The van der Waals surface area contributed by atoms with Gasteiger partial charge in [0.1, 0.15) is 0 Å². The molecule has 0 amide bonds. The van der Waals surface area contributed by atoms with Crippen molar-refractivity contribution in [1.82, 2.24) is 0 Å². The predicted molar refractivity (Wildman–Crippen MR) is 51.7 cm³/mol. The highest BCUT2D eigenvalue weighted by atomic mass is 79.9. The van der Waals surface area contributed by atoms with Crippen molar-refractivity contribution in [3.05, 3.63) is 12.2 Å². The molecule has 0 aliphatic heterocycles. The molecular formula is C9H17Br. The number of hydrogen-bond donors (Lipinski definition) is 0. The first kappa shape index (κ1) is 10.2. The maximum atomic E-state index is 2.94. The lowest BCUT2D eigenvalue weighted by Gasteiger charge is -2.00.